The van der Waals surface area contributed by atoms with Crippen LogP contribution < -0.4 is 4.74 Å². The Bertz CT molecular complexity index is 1060. The van der Waals surface area contributed by atoms with Crippen LogP contribution in [0.15, 0.2) is 72.1 Å². The summed E-state index contributed by atoms with van der Waals surface area (Å²) < 4.78 is 6.22. The molecule has 4 nitrogen and oxygen atoms in total. The maximum atomic E-state index is 12.7. The monoisotopic (exact) mass is 488 g/mol. The lowest BCUT2D eigenvalue weighted by Gasteiger charge is -2.32. The zero-order valence-electron chi connectivity index (χ0n) is 20.5. The van der Waals surface area contributed by atoms with Crippen molar-refractivity contribution >= 4 is 17.2 Å². The number of hydrogen-bond donors (Lipinski definition) is 0. The van der Waals surface area contributed by atoms with Crippen molar-refractivity contribution < 1.29 is 9.53 Å². The molecular weight excluding hydrogens is 452 g/mol. The Kier molecular flexibility index (Phi) is 8.17. The van der Waals surface area contributed by atoms with E-state index in [0.717, 1.165) is 49.0 Å². The second kappa shape index (κ2) is 11.9. The summed E-state index contributed by atoms with van der Waals surface area (Å²) in [5.74, 6) is 2.30. The van der Waals surface area contributed by atoms with Gasteiger partial charge in [0.05, 0.1) is 11.5 Å². The van der Waals surface area contributed by atoms with Crippen molar-refractivity contribution in [2.45, 2.75) is 38.6 Å². The highest BCUT2D eigenvalue weighted by Crippen LogP contribution is 2.25. The molecule has 1 aromatic heterocycles. The fourth-order valence-electron chi connectivity index (χ4n) is 5.44. The van der Waals surface area contributed by atoms with Gasteiger partial charge in [-0.15, -0.1) is 11.3 Å². The fourth-order valence-corrected chi connectivity index (χ4v) is 6.13. The molecule has 2 aliphatic heterocycles. The number of amides is 1. The van der Waals surface area contributed by atoms with E-state index in [4.69, 9.17) is 4.74 Å². The van der Waals surface area contributed by atoms with Crippen molar-refractivity contribution in [2.24, 2.45) is 11.8 Å². The molecule has 2 saturated heterocycles. The first kappa shape index (κ1) is 24.1. The predicted octanol–water partition coefficient (Wildman–Crippen LogP) is 6.13. The number of nitrogens with zero attached hydrogens (tertiary/aromatic N) is 2. The summed E-state index contributed by atoms with van der Waals surface area (Å²) in [4.78, 5) is 18.1. The van der Waals surface area contributed by atoms with Gasteiger partial charge in [-0.25, -0.2) is 0 Å². The SMILES string of the molecule is O=C(c1cccs1)N1CCCC(COc2cccc(CN3CCC(Cc4ccccc4)CC3)c2)C1. The maximum Gasteiger partial charge on any atom is 0.263 e. The number of benzene rings is 2. The van der Waals surface area contributed by atoms with E-state index in [1.807, 2.05) is 22.4 Å². The van der Waals surface area contributed by atoms with Crippen molar-refractivity contribution in [3.05, 3.63) is 88.1 Å². The van der Waals surface area contributed by atoms with Crippen LogP contribution in [0.1, 0.15) is 46.5 Å². The third-order valence-electron chi connectivity index (χ3n) is 7.40. The molecule has 2 aromatic carbocycles. The van der Waals surface area contributed by atoms with Crippen molar-refractivity contribution in [2.75, 3.05) is 32.8 Å². The first-order chi connectivity index (χ1) is 17.2. The summed E-state index contributed by atoms with van der Waals surface area (Å²) in [6.07, 6.45) is 5.91. The van der Waals surface area contributed by atoms with Crippen molar-refractivity contribution in [3.63, 3.8) is 0 Å². The van der Waals surface area contributed by atoms with Gasteiger partial charge in [-0.3, -0.25) is 9.69 Å². The average molecular weight is 489 g/mol. The molecule has 0 radical (unpaired) electrons. The lowest BCUT2D eigenvalue weighted by Crippen LogP contribution is -2.41. The van der Waals surface area contributed by atoms with Crippen LogP contribution in [-0.4, -0.2) is 48.5 Å². The number of thiophene rings is 1. The van der Waals surface area contributed by atoms with Crippen LogP contribution in [0.2, 0.25) is 0 Å². The lowest BCUT2D eigenvalue weighted by atomic mass is 9.90. The number of carbonyl (C=O) groups is 1. The van der Waals surface area contributed by atoms with E-state index in [1.165, 1.54) is 54.8 Å². The van der Waals surface area contributed by atoms with E-state index < -0.39 is 0 Å². The minimum Gasteiger partial charge on any atom is -0.493 e. The minimum absolute atomic E-state index is 0.166. The second-order valence-corrected chi connectivity index (χ2v) is 11.1. The number of ether oxygens (including phenoxy) is 1. The van der Waals surface area contributed by atoms with Crippen LogP contribution in [0, 0.1) is 11.8 Å². The zero-order chi connectivity index (χ0) is 23.9. The molecule has 0 spiro atoms. The molecule has 1 unspecified atom stereocenters. The summed E-state index contributed by atoms with van der Waals surface area (Å²) >= 11 is 1.53. The molecule has 0 saturated carbocycles. The Morgan fingerprint density at radius 1 is 0.886 bits per heavy atom. The molecule has 0 bridgehead atoms. The predicted molar refractivity (Wildman–Crippen MR) is 143 cm³/mol. The molecule has 3 aromatic rings. The van der Waals surface area contributed by atoms with Crippen LogP contribution in [0.4, 0.5) is 0 Å². The molecule has 0 aliphatic carbocycles. The molecule has 2 aliphatic rings. The highest BCUT2D eigenvalue weighted by atomic mass is 32.1. The quantitative estimate of drug-likeness (QED) is 0.382. The molecule has 1 atom stereocenters. The van der Waals surface area contributed by atoms with E-state index in [1.54, 1.807) is 0 Å². The Hall–Kier alpha value is -2.63. The van der Waals surface area contributed by atoms with Crippen LogP contribution in [-0.2, 0) is 13.0 Å². The topological polar surface area (TPSA) is 32.8 Å². The van der Waals surface area contributed by atoms with Gasteiger partial charge < -0.3 is 9.64 Å². The van der Waals surface area contributed by atoms with Gasteiger partial charge >= 0.3 is 0 Å². The summed E-state index contributed by atoms with van der Waals surface area (Å²) in [6, 6.07) is 23.4. The van der Waals surface area contributed by atoms with Crippen molar-refractivity contribution in [3.8, 4) is 5.75 Å². The highest BCUT2D eigenvalue weighted by molar-refractivity contribution is 7.12. The minimum atomic E-state index is 0.166. The second-order valence-electron chi connectivity index (χ2n) is 10.1. The van der Waals surface area contributed by atoms with Gasteiger partial charge in [0.15, 0.2) is 0 Å². The molecule has 5 rings (SSSR count). The van der Waals surface area contributed by atoms with E-state index >= 15 is 0 Å². The Balaban J connectivity index is 1.07. The molecule has 0 N–H and O–H groups in total. The largest absolute Gasteiger partial charge is 0.493 e. The van der Waals surface area contributed by atoms with Crippen LogP contribution >= 0.6 is 11.3 Å². The number of likely N-dealkylation sites (tertiary alicyclic amines) is 2. The first-order valence-electron chi connectivity index (χ1n) is 13.0. The summed E-state index contributed by atoms with van der Waals surface area (Å²) in [5, 5.41) is 1.97. The van der Waals surface area contributed by atoms with E-state index in [-0.39, 0.29) is 5.91 Å². The maximum absolute atomic E-state index is 12.7. The van der Waals surface area contributed by atoms with Crippen molar-refractivity contribution in [1.29, 1.82) is 0 Å². The molecule has 1 amide bonds. The van der Waals surface area contributed by atoms with Crippen LogP contribution in [0.25, 0.3) is 0 Å². The van der Waals surface area contributed by atoms with Gasteiger partial charge in [0.2, 0.25) is 0 Å². The highest BCUT2D eigenvalue weighted by Gasteiger charge is 2.25. The summed E-state index contributed by atoms with van der Waals surface area (Å²) in [5.41, 5.74) is 2.79. The van der Waals surface area contributed by atoms with Gasteiger partial charge in [-0.2, -0.15) is 0 Å². The third-order valence-corrected chi connectivity index (χ3v) is 8.26. The van der Waals surface area contributed by atoms with E-state index in [9.17, 15) is 4.79 Å². The average Bonchev–Trinajstić information content (AvgIpc) is 3.44. The van der Waals surface area contributed by atoms with Gasteiger partial charge in [-0.1, -0.05) is 48.5 Å². The molecule has 184 valence electrons. The smallest absolute Gasteiger partial charge is 0.263 e. The normalized spacial score (nSPS) is 19.5. The molecule has 35 heavy (non-hydrogen) atoms. The Morgan fingerprint density at radius 3 is 2.51 bits per heavy atom. The van der Waals surface area contributed by atoms with Gasteiger partial charge in [0, 0.05) is 25.6 Å². The Labute approximate surface area is 213 Å². The van der Waals surface area contributed by atoms with Crippen LogP contribution in [0.3, 0.4) is 0 Å². The summed E-state index contributed by atoms with van der Waals surface area (Å²) in [6.45, 7) is 5.63. The number of rotatable bonds is 8. The number of hydrogen-bond acceptors (Lipinski definition) is 4. The summed E-state index contributed by atoms with van der Waals surface area (Å²) in [7, 11) is 0. The number of piperidine rings is 2. The van der Waals surface area contributed by atoms with Crippen LogP contribution in [0.5, 0.6) is 5.75 Å². The molecular formula is C30H36N2O2S. The standard InChI is InChI=1S/C30H36N2O2S/c33-30(29-12-6-18-35-29)32-15-5-10-27(22-32)23-34-28-11-4-9-26(20-28)21-31-16-13-25(14-17-31)19-24-7-2-1-3-8-24/h1-4,6-9,11-12,18,20,25,27H,5,10,13-17,19,21-23H2. The molecule has 2 fully saturated rings. The van der Waals surface area contributed by atoms with Crippen molar-refractivity contribution in [1.82, 2.24) is 9.80 Å². The third kappa shape index (κ3) is 6.74. The lowest BCUT2D eigenvalue weighted by molar-refractivity contribution is 0.0638. The zero-order valence-corrected chi connectivity index (χ0v) is 21.3. The Morgan fingerprint density at radius 2 is 1.71 bits per heavy atom. The first-order valence-corrected chi connectivity index (χ1v) is 13.9. The molecule has 5 heteroatoms. The van der Waals surface area contributed by atoms with Gasteiger partial charge in [0.1, 0.15) is 5.75 Å². The van der Waals surface area contributed by atoms with E-state index in [2.05, 4.69) is 59.5 Å². The molecule has 3 heterocycles. The fraction of sp³-hybridized carbons (Fsp3) is 0.433. The number of carbonyl (C=O) groups excluding carboxylic acids is 1. The van der Waals surface area contributed by atoms with Gasteiger partial charge in [-0.05, 0) is 85.8 Å². The van der Waals surface area contributed by atoms with E-state index in [0.29, 0.717) is 12.5 Å². The van der Waals surface area contributed by atoms with Gasteiger partial charge in [0.25, 0.3) is 5.91 Å².